The zero-order valence-electron chi connectivity index (χ0n) is 16.2. The first-order valence-electron chi connectivity index (χ1n) is 9.20. The van der Waals surface area contributed by atoms with Gasteiger partial charge in [0, 0.05) is 31.9 Å². The number of ether oxygens (including phenoxy) is 2. The van der Waals surface area contributed by atoms with Crippen molar-refractivity contribution in [2.45, 2.75) is 0 Å². The zero-order valence-corrected chi connectivity index (χ0v) is 16.2. The minimum Gasteiger partial charge on any atom is -0.497 e. The van der Waals surface area contributed by atoms with Gasteiger partial charge in [-0.2, -0.15) is 0 Å². The van der Waals surface area contributed by atoms with Gasteiger partial charge < -0.3 is 24.6 Å². The minimum absolute atomic E-state index is 0.0284. The molecule has 1 aliphatic rings. The summed E-state index contributed by atoms with van der Waals surface area (Å²) in [5, 5.41) is 2.69. The summed E-state index contributed by atoms with van der Waals surface area (Å²) in [4.78, 5) is 28.8. The molecule has 0 unspecified atom stereocenters. The van der Waals surface area contributed by atoms with Crippen LogP contribution < -0.4 is 19.7 Å². The fourth-order valence-corrected chi connectivity index (χ4v) is 3.20. The van der Waals surface area contributed by atoms with Gasteiger partial charge in [0.05, 0.1) is 26.3 Å². The Morgan fingerprint density at radius 3 is 2.25 bits per heavy atom. The SMILES string of the molecule is COc1ccc(N2CCN(C(=O)CNC(=O)c3ccccc3OC)CC2)cc1. The molecule has 7 heteroatoms. The summed E-state index contributed by atoms with van der Waals surface area (Å²) in [5.74, 6) is 0.907. The third-order valence-corrected chi connectivity index (χ3v) is 4.82. The van der Waals surface area contributed by atoms with Gasteiger partial charge in [-0.25, -0.2) is 0 Å². The average Bonchev–Trinajstić information content (AvgIpc) is 2.77. The molecule has 2 aromatic rings. The van der Waals surface area contributed by atoms with E-state index in [0.29, 0.717) is 24.4 Å². The van der Waals surface area contributed by atoms with Crippen LogP contribution in [-0.2, 0) is 4.79 Å². The second-order valence-electron chi connectivity index (χ2n) is 6.45. The molecule has 1 N–H and O–H groups in total. The van der Waals surface area contributed by atoms with Crippen molar-refractivity contribution in [2.75, 3.05) is 51.8 Å². The molecule has 1 heterocycles. The van der Waals surface area contributed by atoms with Crippen molar-refractivity contribution < 1.29 is 19.1 Å². The van der Waals surface area contributed by atoms with Crippen LogP contribution in [0.1, 0.15) is 10.4 Å². The summed E-state index contributed by atoms with van der Waals surface area (Å²) in [5.41, 5.74) is 1.53. The topological polar surface area (TPSA) is 71.1 Å². The number of nitrogens with zero attached hydrogens (tertiary/aromatic N) is 2. The number of piperazine rings is 1. The number of amides is 2. The Labute approximate surface area is 164 Å². The Bertz CT molecular complexity index is 815. The first-order chi connectivity index (χ1) is 13.6. The predicted octanol–water partition coefficient (Wildman–Crippen LogP) is 1.78. The number of nitrogens with one attached hydrogen (secondary N) is 1. The molecule has 0 radical (unpaired) electrons. The van der Waals surface area contributed by atoms with Crippen LogP contribution in [0.25, 0.3) is 0 Å². The molecule has 0 spiro atoms. The lowest BCUT2D eigenvalue weighted by Crippen LogP contribution is -2.51. The van der Waals surface area contributed by atoms with Crippen molar-refractivity contribution in [1.82, 2.24) is 10.2 Å². The van der Waals surface area contributed by atoms with E-state index in [-0.39, 0.29) is 18.4 Å². The average molecular weight is 383 g/mol. The van der Waals surface area contributed by atoms with E-state index < -0.39 is 0 Å². The van der Waals surface area contributed by atoms with Crippen LogP contribution in [0.15, 0.2) is 48.5 Å². The quantitative estimate of drug-likeness (QED) is 0.823. The number of anilines is 1. The van der Waals surface area contributed by atoms with E-state index in [2.05, 4.69) is 10.2 Å². The van der Waals surface area contributed by atoms with Crippen LogP contribution in [0, 0.1) is 0 Å². The van der Waals surface area contributed by atoms with Gasteiger partial charge in [-0.15, -0.1) is 0 Å². The monoisotopic (exact) mass is 383 g/mol. The van der Waals surface area contributed by atoms with E-state index in [4.69, 9.17) is 9.47 Å². The highest BCUT2D eigenvalue weighted by Gasteiger charge is 2.22. The summed E-state index contributed by atoms with van der Waals surface area (Å²) < 4.78 is 10.4. The van der Waals surface area contributed by atoms with Crippen molar-refractivity contribution in [3.05, 3.63) is 54.1 Å². The predicted molar refractivity (Wildman–Crippen MR) is 107 cm³/mol. The second-order valence-corrected chi connectivity index (χ2v) is 6.45. The van der Waals surface area contributed by atoms with Crippen molar-refractivity contribution in [3.63, 3.8) is 0 Å². The number of carbonyl (C=O) groups excluding carboxylic acids is 2. The number of hydrogen-bond donors (Lipinski definition) is 1. The molecule has 2 amide bonds. The maximum Gasteiger partial charge on any atom is 0.255 e. The van der Waals surface area contributed by atoms with Crippen LogP contribution in [0.2, 0.25) is 0 Å². The molecule has 1 saturated heterocycles. The molecule has 1 fully saturated rings. The van der Waals surface area contributed by atoms with Crippen LogP contribution >= 0.6 is 0 Å². The number of carbonyl (C=O) groups is 2. The largest absolute Gasteiger partial charge is 0.497 e. The first-order valence-corrected chi connectivity index (χ1v) is 9.20. The third kappa shape index (κ3) is 4.54. The number of benzene rings is 2. The lowest BCUT2D eigenvalue weighted by atomic mass is 10.2. The van der Waals surface area contributed by atoms with E-state index >= 15 is 0 Å². The van der Waals surface area contributed by atoms with Gasteiger partial charge in [-0.05, 0) is 36.4 Å². The second kappa shape index (κ2) is 9.12. The zero-order chi connectivity index (χ0) is 19.9. The Balaban J connectivity index is 1.49. The van der Waals surface area contributed by atoms with Crippen molar-refractivity contribution in [2.24, 2.45) is 0 Å². The van der Waals surface area contributed by atoms with Crippen LogP contribution in [-0.4, -0.2) is 63.7 Å². The van der Waals surface area contributed by atoms with Crippen LogP contribution in [0.5, 0.6) is 11.5 Å². The highest BCUT2D eigenvalue weighted by Crippen LogP contribution is 2.20. The molecular formula is C21H25N3O4. The maximum absolute atomic E-state index is 12.5. The number of methoxy groups -OCH3 is 2. The van der Waals surface area contributed by atoms with Crippen molar-refractivity contribution >= 4 is 17.5 Å². The Hall–Kier alpha value is -3.22. The van der Waals surface area contributed by atoms with Gasteiger partial charge in [-0.3, -0.25) is 9.59 Å². The maximum atomic E-state index is 12.5. The van der Waals surface area contributed by atoms with E-state index in [9.17, 15) is 9.59 Å². The Morgan fingerprint density at radius 2 is 1.61 bits per heavy atom. The molecule has 0 bridgehead atoms. The molecule has 0 atom stereocenters. The normalized spacial score (nSPS) is 13.8. The standard InChI is InChI=1S/C21H25N3O4/c1-27-17-9-7-16(8-10-17)23-11-13-24(14-12-23)20(25)15-22-21(26)18-5-3-4-6-19(18)28-2/h3-10H,11-15H2,1-2H3,(H,22,26). The lowest BCUT2D eigenvalue weighted by Gasteiger charge is -2.36. The highest BCUT2D eigenvalue weighted by atomic mass is 16.5. The Morgan fingerprint density at radius 1 is 0.929 bits per heavy atom. The van der Waals surface area contributed by atoms with Crippen LogP contribution in [0.3, 0.4) is 0 Å². The fraction of sp³-hybridized carbons (Fsp3) is 0.333. The van der Waals surface area contributed by atoms with Gasteiger partial charge in [-0.1, -0.05) is 12.1 Å². The minimum atomic E-state index is -0.317. The molecule has 0 aromatic heterocycles. The van der Waals surface area contributed by atoms with Gasteiger partial charge in [0.15, 0.2) is 0 Å². The molecule has 148 valence electrons. The van der Waals surface area contributed by atoms with Gasteiger partial charge in [0.1, 0.15) is 11.5 Å². The van der Waals surface area contributed by atoms with E-state index in [1.165, 1.54) is 7.11 Å². The van der Waals surface area contributed by atoms with E-state index in [1.54, 1.807) is 36.3 Å². The molecule has 7 nitrogen and oxygen atoms in total. The molecular weight excluding hydrogens is 358 g/mol. The summed E-state index contributed by atoms with van der Waals surface area (Å²) in [7, 11) is 3.16. The number of para-hydroxylation sites is 1. The summed E-state index contributed by atoms with van der Waals surface area (Å²) in [6, 6.07) is 14.8. The molecule has 1 aliphatic heterocycles. The first kappa shape index (κ1) is 19.5. The van der Waals surface area contributed by atoms with E-state index in [0.717, 1.165) is 24.5 Å². The Kier molecular flexibility index (Phi) is 6.37. The van der Waals surface area contributed by atoms with Gasteiger partial charge in [0.25, 0.3) is 5.91 Å². The third-order valence-electron chi connectivity index (χ3n) is 4.82. The summed E-state index contributed by atoms with van der Waals surface area (Å²) in [6.45, 7) is 2.71. The molecule has 0 saturated carbocycles. The molecule has 0 aliphatic carbocycles. The molecule has 2 aromatic carbocycles. The van der Waals surface area contributed by atoms with Crippen LogP contribution in [0.4, 0.5) is 5.69 Å². The lowest BCUT2D eigenvalue weighted by molar-refractivity contribution is -0.130. The molecule has 3 rings (SSSR count). The van der Waals surface area contributed by atoms with Gasteiger partial charge >= 0.3 is 0 Å². The number of rotatable bonds is 6. The fourth-order valence-electron chi connectivity index (χ4n) is 3.20. The van der Waals surface area contributed by atoms with Crippen molar-refractivity contribution in [1.29, 1.82) is 0 Å². The van der Waals surface area contributed by atoms with E-state index in [1.807, 2.05) is 24.3 Å². The molecule has 28 heavy (non-hydrogen) atoms. The van der Waals surface area contributed by atoms with Crippen molar-refractivity contribution in [3.8, 4) is 11.5 Å². The highest BCUT2D eigenvalue weighted by molar-refractivity contribution is 5.98. The summed E-state index contributed by atoms with van der Waals surface area (Å²) in [6.07, 6.45) is 0. The summed E-state index contributed by atoms with van der Waals surface area (Å²) >= 11 is 0. The van der Waals surface area contributed by atoms with Gasteiger partial charge in [0.2, 0.25) is 5.91 Å². The number of hydrogen-bond acceptors (Lipinski definition) is 5. The smallest absolute Gasteiger partial charge is 0.255 e.